The molecule has 0 aromatic rings. The summed E-state index contributed by atoms with van der Waals surface area (Å²) in [5.74, 6) is -0.259. The Morgan fingerprint density at radius 3 is 2.87 bits per heavy atom. The van der Waals surface area contributed by atoms with Crippen molar-refractivity contribution in [2.45, 2.75) is 32.8 Å². The Morgan fingerprint density at radius 2 is 2.40 bits per heavy atom. The third kappa shape index (κ3) is 2.93. The minimum atomic E-state index is -0.731. The lowest BCUT2D eigenvalue weighted by Crippen LogP contribution is -2.28. The van der Waals surface area contributed by atoms with E-state index in [1.807, 2.05) is 6.92 Å². The van der Waals surface area contributed by atoms with Gasteiger partial charge in [0.1, 0.15) is 6.10 Å². The van der Waals surface area contributed by atoms with Gasteiger partial charge < -0.3 is 10.5 Å². The topological polar surface area (TPSA) is 93.8 Å². The molecule has 1 fully saturated rings. The maximum Gasteiger partial charge on any atom is 0.332 e. The molecule has 1 rings (SSSR count). The number of urea groups is 1. The molecule has 84 valence electrons. The molecule has 0 aromatic carbocycles. The molecule has 0 unspecified atom stereocenters. The Balaban J connectivity index is 2.56. The van der Waals surface area contributed by atoms with Gasteiger partial charge in [0.15, 0.2) is 0 Å². The number of carbonyl (C=O) groups is 2. The third-order valence-electron chi connectivity index (χ3n) is 2.39. The molecule has 6 nitrogen and oxygen atoms in total. The summed E-state index contributed by atoms with van der Waals surface area (Å²) in [6.45, 7) is 3.62. The Kier molecular flexibility index (Phi) is 3.65. The van der Waals surface area contributed by atoms with Crippen LogP contribution in [0.1, 0.15) is 26.7 Å². The molecule has 0 radical (unpaired) electrons. The normalized spacial score (nSPS) is 26.3. The van der Waals surface area contributed by atoms with Gasteiger partial charge in [0, 0.05) is 6.42 Å². The van der Waals surface area contributed by atoms with Crippen molar-refractivity contribution in [2.24, 2.45) is 16.8 Å². The van der Waals surface area contributed by atoms with Gasteiger partial charge in [-0.05, 0) is 13.3 Å². The number of cyclic esters (lactones) is 1. The Labute approximate surface area is 87.8 Å². The fourth-order valence-electron chi connectivity index (χ4n) is 1.44. The molecule has 3 N–H and O–H groups in total. The highest BCUT2D eigenvalue weighted by Gasteiger charge is 2.34. The van der Waals surface area contributed by atoms with Crippen molar-refractivity contribution in [3.05, 3.63) is 0 Å². The van der Waals surface area contributed by atoms with Crippen LogP contribution in [0.5, 0.6) is 0 Å². The lowest BCUT2D eigenvalue weighted by molar-refractivity contribution is -0.142. The minimum absolute atomic E-state index is 0.0614. The van der Waals surface area contributed by atoms with E-state index in [4.69, 9.17) is 10.5 Å². The first-order chi connectivity index (χ1) is 7.04. The summed E-state index contributed by atoms with van der Waals surface area (Å²) in [4.78, 5) is 21.7. The first-order valence-electron chi connectivity index (χ1n) is 4.84. The molecule has 0 aromatic heterocycles. The zero-order valence-electron chi connectivity index (χ0n) is 8.82. The molecule has 0 saturated carbocycles. The van der Waals surface area contributed by atoms with Crippen molar-refractivity contribution in [3.63, 3.8) is 0 Å². The molecule has 15 heavy (non-hydrogen) atoms. The van der Waals surface area contributed by atoms with Crippen molar-refractivity contribution >= 4 is 17.7 Å². The van der Waals surface area contributed by atoms with Gasteiger partial charge >= 0.3 is 12.0 Å². The van der Waals surface area contributed by atoms with Crippen LogP contribution in [0.2, 0.25) is 0 Å². The average Bonchev–Trinajstić information content (AvgIpc) is 2.56. The van der Waals surface area contributed by atoms with E-state index in [9.17, 15) is 9.59 Å². The van der Waals surface area contributed by atoms with Crippen molar-refractivity contribution in [3.8, 4) is 0 Å². The van der Waals surface area contributed by atoms with Crippen LogP contribution in [-0.2, 0) is 9.53 Å². The number of rotatable bonds is 3. The predicted octanol–water partition coefficient (Wildman–Crippen LogP) is 0.372. The molecule has 1 aliphatic rings. The maximum atomic E-state index is 11.3. The van der Waals surface area contributed by atoms with Gasteiger partial charge in [0.25, 0.3) is 0 Å². The number of ether oxygens (including phenoxy) is 1. The number of primary amides is 1. The van der Waals surface area contributed by atoms with Crippen molar-refractivity contribution < 1.29 is 14.3 Å². The van der Waals surface area contributed by atoms with Crippen LogP contribution in [0, 0.1) is 5.92 Å². The van der Waals surface area contributed by atoms with E-state index < -0.39 is 6.03 Å². The fourth-order valence-corrected chi connectivity index (χ4v) is 1.44. The molecule has 6 heteroatoms. The second-order valence-electron chi connectivity index (χ2n) is 3.50. The van der Waals surface area contributed by atoms with E-state index in [-0.39, 0.29) is 18.0 Å². The predicted molar refractivity (Wildman–Crippen MR) is 54.1 cm³/mol. The van der Waals surface area contributed by atoms with E-state index in [1.165, 1.54) is 0 Å². The molecule has 1 saturated heterocycles. The molecular formula is C9H15N3O3. The monoisotopic (exact) mass is 213 g/mol. The number of nitrogens with two attached hydrogens (primary N) is 1. The van der Waals surface area contributed by atoms with Crippen molar-refractivity contribution in [1.82, 2.24) is 5.43 Å². The number of hydrogen-bond donors (Lipinski definition) is 2. The summed E-state index contributed by atoms with van der Waals surface area (Å²) in [5.41, 5.74) is 7.51. The Bertz CT molecular complexity index is 301. The first-order valence-corrected chi connectivity index (χ1v) is 4.84. The highest BCUT2D eigenvalue weighted by atomic mass is 16.6. The second-order valence-corrected chi connectivity index (χ2v) is 3.50. The molecule has 1 aliphatic heterocycles. The summed E-state index contributed by atoms with van der Waals surface area (Å²) < 4.78 is 5.10. The van der Waals surface area contributed by atoms with E-state index in [2.05, 4.69) is 10.5 Å². The molecule has 1 heterocycles. The smallest absolute Gasteiger partial charge is 0.332 e. The van der Waals surface area contributed by atoms with Crippen LogP contribution < -0.4 is 11.2 Å². The van der Waals surface area contributed by atoms with Gasteiger partial charge in [-0.1, -0.05) is 6.92 Å². The molecule has 0 bridgehead atoms. The highest BCUT2D eigenvalue weighted by molar-refractivity contribution is 5.91. The van der Waals surface area contributed by atoms with Crippen LogP contribution in [0.25, 0.3) is 0 Å². The number of amides is 2. The van der Waals surface area contributed by atoms with Crippen LogP contribution in [0.3, 0.4) is 0 Å². The average molecular weight is 213 g/mol. The summed E-state index contributed by atoms with van der Waals surface area (Å²) in [6, 6.07) is -0.731. The summed E-state index contributed by atoms with van der Waals surface area (Å²) in [6.07, 6.45) is 1.03. The largest absolute Gasteiger partial charge is 0.456 e. The standard InChI is InChI=1S/C9H15N3O3/c1-3-6-4-7(15-8(6)13)5(2)11-12-9(10)14/h6-7H,3-4H2,1-2H3,(H3,10,12,14)/b11-5-/t6-,7+/m1/s1. The van der Waals surface area contributed by atoms with E-state index in [0.717, 1.165) is 6.42 Å². The molecule has 2 atom stereocenters. The quantitative estimate of drug-likeness (QED) is 0.403. The molecular weight excluding hydrogens is 198 g/mol. The van der Waals surface area contributed by atoms with Gasteiger partial charge in [-0.3, -0.25) is 4.79 Å². The van der Waals surface area contributed by atoms with Crippen molar-refractivity contribution in [2.75, 3.05) is 0 Å². The zero-order chi connectivity index (χ0) is 11.4. The highest BCUT2D eigenvalue weighted by Crippen LogP contribution is 2.24. The van der Waals surface area contributed by atoms with Gasteiger partial charge in [0.2, 0.25) is 0 Å². The van der Waals surface area contributed by atoms with Gasteiger partial charge in [-0.25, -0.2) is 10.2 Å². The lowest BCUT2D eigenvalue weighted by Gasteiger charge is -2.07. The second kappa shape index (κ2) is 4.77. The van der Waals surface area contributed by atoms with Crippen LogP contribution in [0.4, 0.5) is 4.79 Å². The SMILES string of the molecule is CC[C@@H]1C[C@@H](/C(C)=N\NC(N)=O)OC1=O. The van der Waals surface area contributed by atoms with E-state index in [0.29, 0.717) is 12.1 Å². The fraction of sp³-hybridized carbons (Fsp3) is 0.667. The summed E-state index contributed by atoms with van der Waals surface area (Å²) in [5, 5.41) is 3.72. The first kappa shape index (κ1) is 11.5. The van der Waals surface area contributed by atoms with Gasteiger partial charge in [-0.15, -0.1) is 0 Å². The number of nitrogens with zero attached hydrogens (tertiary/aromatic N) is 1. The van der Waals surface area contributed by atoms with Crippen LogP contribution >= 0.6 is 0 Å². The number of nitrogens with one attached hydrogen (secondary N) is 1. The maximum absolute atomic E-state index is 11.3. The van der Waals surface area contributed by atoms with Crippen LogP contribution in [-0.4, -0.2) is 23.8 Å². The minimum Gasteiger partial charge on any atom is -0.456 e. The lowest BCUT2D eigenvalue weighted by atomic mass is 10.0. The Hall–Kier alpha value is -1.59. The number of esters is 1. The van der Waals surface area contributed by atoms with Crippen LogP contribution in [0.15, 0.2) is 5.10 Å². The van der Waals surface area contributed by atoms with Crippen molar-refractivity contribution in [1.29, 1.82) is 0 Å². The number of hydrazone groups is 1. The third-order valence-corrected chi connectivity index (χ3v) is 2.39. The van der Waals surface area contributed by atoms with Gasteiger partial charge in [-0.2, -0.15) is 5.10 Å². The van der Waals surface area contributed by atoms with E-state index >= 15 is 0 Å². The number of hydrogen-bond acceptors (Lipinski definition) is 4. The molecule has 0 aliphatic carbocycles. The summed E-state index contributed by atoms with van der Waals surface area (Å²) >= 11 is 0. The number of carbonyl (C=O) groups excluding carboxylic acids is 2. The zero-order valence-corrected chi connectivity index (χ0v) is 8.82. The molecule has 2 amide bonds. The van der Waals surface area contributed by atoms with Gasteiger partial charge in [0.05, 0.1) is 11.6 Å². The molecule has 0 spiro atoms. The Morgan fingerprint density at radius 1 is 1.73 bits per heavy atom. The van der Waals surface area contributed by atoms with E-state index in [1.54, 1.807) is 6.92 Å². The summed E-state index contributed by atoms with van der Waals surface area (Å²) in [7, 11) is 0.